The van der Waals surface area contributed by atoms with Gasteiger partial charge in [-0.2, -0.15) is 0 Å². The summed E-state index contributed by atoms with van der Waals surface area (Å²) in [5, 5.41) is 2.75. The fourth-order valence-electron chi connectivity index (χ4n) is 5.40. The Labute approximate surface area is 208 Å². The molecular weight excluding hydrogens is 452 g/mol. The Kier molecular flexibility index (Phi) is 5.56. The van der Waals surface area contributed by atoms with E-state index in [1.807, 2.05) is 30.3 Å². The summed E-state index contributed by atoms with van der Waals surface area (Å²) in [7, 11) is 1.62. The molecule has 4 aromatic rings. The molecule has 3 heterocycles. The lowest BCUT2D eigenvalue weighted by Crippen LogP contribution is -2.51. The second-order valence-corrected chi connectivity index (χ2v) is 9.29. The van der Waals surface area contributed by atoms with Gasteiger partial charge >= 0.3 is 0 Å². The Morgan fingerprint density at radius 3 is 2.75 bits per heavy atom. The number of aromatic amines is 1. The molecule has 0 fully saturated rings. The first kappa shape index (κ1) is 22.2. The molecule has 0 unspecified atom stereocenters. The van der Waals surface area contributed by atoms with Crippen LogP contribution in [0.15, 0.2) is 66.8 Å². The van der Waals surface area contributed by atoms with Gasteiger partial charge < -0.3 is 15.2 Å². The first-order valence-corrected chi connectivity index (χ1v) is 12.2. The summed E-state index contributed by atoms with van der Waals surface area (Å²) < 4.78 is 0. The molecule has 1 aliphatic heterocycles. The highest BCUT2D eigenvalue weighted by Gasteiger charge is 2.39. The number of imidazole rings is 1. The fraction of sp³-hybridized carbons (Fsp3) is 0.250. The van der Waals surface area contributed by atoms with Crippen molar-refractivity contribution >= 4 is 28.4 Å². The number of hydrogen-bond acceptors (Lipinski definition) is 5. The molecule has 8 heteroatoms. The van der Waals surface area contributed by atoms with E-state index >= 15 is 0 Å². The lowest BCUT2D eigenvalue weighted by molar-refractivity contribution is -0.125. The molecule has 6 rings (SSSR count). The molecule has 1 atom stereocenters. The highest BCUT2D eigenvalue weighted by molar-refractivity contribution is 5.99. The smallest absolute Gasteiger partial charge is 0.275 e. The largest absolute Gasteiger partial charge is 0.357 e. The van der Waals surface area contributed by atoms with Crippen LogP contribution in [0, 0.1) is 0 Å². The summed E-state index contributed by atoms with van der Waals surface area (Å²) in [5.41, 5.74) is 8.82. The van der Waals surface area contributed by atoms with Gasteiger partial charge in [0.1, 0.15) is 11.7 Å². The van der Waals surface area contributed by atoms with Gasteiger partial charge in [0.05, 0.1) is 17.4 Å². The summed E-state index contributed by atoms with van der Waals surface area (Å²) in [6, 6.07) is 13.7. The maximum atomic E-state index is 13.8. The molecule has 2 amide bonds. The van der Waals surface area contributed by atoms with Crippen LogP contribution in [-0.2, 0) is 24.1 Å². The van der Waals surface area contributed by atoms with Gasteiger partial charge in [0, 0.05) is 38.1 Å². The number of H-pyrrole nitrogens is 1. The van der Waals surface area contributed by atoms with E-state index in [2.05, 4.69) is 37.4 Å². The number of aryl methyl sites for hydroxylation is 2. The zero-order chi connectivity index (χ0) is 24.6. The molecule has 0 spiro atoms. The number of rotatable bonds is 5. The summed E-state index contributed by atoms with van der Waals surface area (Å²) in [6.45, 7) is 0.427. The number of fused-ring (bicyclic) bond motifs is 3. The van der Waals surface area contributed by atoms with Gasteiger partial charge in [-0.25, -0.2) is 4.98 Å². The van der Waals surface area contributed by atoms with Crippen molar-refractivity contribution in [2.75, 3.05) is 13.6 Å². The normalized spacial score (nSPS) is 16.7. The van der Waals surface area contributed by atoms with Crippen molar-refractivity contribution < 1.29 is 9.59 Å². The predicted molar refractivity (Wildman–Crippen MR) is 136 cm³/mol. The topological polar surface area (TPSA) is 104 Å². The highest BCUT2D eigenvalue weighted by atomic mass is 16.2. The number of carbonyl (C=O) groups is 2. The Balaban J connectivity index is 1.24. The molecule has 0 bridgehead atoms. The number of likely N-dealkylation sites (N-methyl/N-ethyl adjacent to an activating group) is 1. The summed E-state index contributed by atoms with van der Waals surface area (Å²) in [6.07, 6.45) is 7.58. The summed E-state index contributed by atoms with van der Waals surface area (Å²) in [4.78, 5) is 44.6. The van der Waals surface area contributed by atoms with E-state index < -0.39 is 6.04 Å². The van der Waals surface area contributed by atoms with E-state index in [1.165, 1.54) is 22.3 Å². The summed E-state index contributed by atoms with van der Waals surface area (Å²) >= 11 is 0. The quantitative estimate of drug-likeness (QED) is 0.459. The van der Waals surface area contributed by atoms with Crippen LogP contribution in [0.1, 0.15) is 39.3 Å². The number of carbonyl (C=O) groups excluding carboxylic acids is 2. The molecular formula is C28H26N6O2. The monoisotopic (exact) mass is 478 g/mol. The molecule has 0 radical (unpaired) electrons. The minimum atomic E-state index is -0.573. The van der Waals surface area contributed by atoms with Crippen molar-refractivity contribution in [2.24, 2.45) is 0 Å². The van der Waals surface area contributed by atoms with Crippen LogP contribution in [-0.4, -0.2) is 56.3 Å². The molecule has 2 aromatic carbocycles. The molecule has 180 valence electrons. The Morgan fingerprint density at radius 2 is 1.89 bits per heavy atom. The van der Waals surface area contributed by atoms with E-state index in [-0.39, 0.29) is 11.8 Å². The van der Waals surface area contributed by atoms with Gasteiger partial charge in [0.25, 0.3) is 5.91 Å². The van der Waals surface area contributed by atoms with Crippen molar-refractivity contribution in [1.82, 2.24) is 30.2 Å². The minimum Gasteiger partial charge on any atom is -0.357 e. The maximum absolute atomic E-state index is 13.8. The highest BCUT2D eigenvalue weighted by Crippen LogP contribution is 2.40. The van der Waals surface area contributed by atoms with Crippen LogP contribution in [0.5, 0.6) is 0 Å². The Morgan fingerprint density at radius 1 is 1.06 bits per heavy atom. The molecule has 2 N–H and O–H groups in total. The van der Waals surface area contributed by atoms with Crippen molar-refractivity contribution in [1.29, 1.82) is 0 Å². The zero-order valence-corrected chi connectivity index (χ0v) is 20.0. The van der Waals surface area contributed by atoms with Gasteiger partial charge in [-0.3, -0.25) is 19.6 Å². The van der Waals surface area contributed by atoms with Crippen molar-refractivity contribution in [2.45, 2.75) is 31.7 Å². The maximum Gasteiger partial charge on any atom is 0.275 e. The molecule has 0 saturated carbocycles. The van der Waals surface area contributed by atoms with Gasteiger partial charge in [-0.1, -0.05) is 30.3 Å². The van der Waals surface area contributed by atoms with Crippen molar-refractivity contribution in [3.8, 4) is 0 Å². The molecule has 36 heavy (non-hydrogen) atoms. The van der Waals surface area contributed by atoms with Crippen molar-refractivity contribution in [3.63, 3.8) is 0 Å². The SMILES string of the molecule is CNC(=O)[C@H]1CC2=C(Cc3ccccc32)CN1C(=O)c1nc[nH]c1CCc1ccc2nccnc2c1. The number of nitrogens with zero attached hydrogens (tertiary/aromatic N) is 4. The first-order valence-electron chi connectivity index (χ1n) is 12.2. The average Bonchev–Trinajstić information content (AvgIpc) is 3.54. The van der Waals surface area contributed by atoms with Crippen LogP contribution >= 0.6 is 0 Å². The van der Waals surface area contributed by atoms with Crippen LogP contribution in [0.25, 0.3) is 16.6 Å². The van der Waals surface area contributed by atoms with Gasteiger partial charge in [0.15, 0.2) is 0 Å². The molecule has 0 saturated heterocycles. The predicted octanol–water partition coefficient (Wildman–Crippen LogP) is 3.11. The zero-order valence-electron chi connectivity index (χ0n) is 20.0. The minimum absolute atomic E-state index is 0.159. The number of hydrogen-bond donors (Lipinski definition) is 2. The summed E-state index contributed by atoms with van der Waals surface area (Å²) in [5.74, 6) is -0.375. The third-order valence-corrected chi connectivity index (χ3v) is 7.24. The third-order valence-electron chi connectivity index (χ3n) is 7.24. The standard InChI is InChI=1S/C28H26N6O2/c1-29-27(35)25-14-21-19(13-18-4-2-3-5-20(18)21)15-34(25)28(36)26-23(32-16-33-26)9-7-17-6-8-22-24(12-17)31-11-10-30-22/h2-6,8,10-12,16,25H,7,9,13-15H2,1H3,(H,29,35)(H,32,33)/t25-/m1/s1. The number of nitrogens with one attached hydrogen (secondary N) is 2. The van der Waals surface area contributed by atoms with Gasteiger partial charge in [0.2, 0.25) is 5.91 Å². The van der Waals surface area contributed by atoms with E-state index in [4.69, 9.17) is 0 Å². The van der Waals surface area contributed by atoms with Crippen molar-refractivity contribution in [3.05, 3.63) is 94.8 Å². The lowest BCUT2D eigenvalue weighted by Gasteiger charge is -2.35. The number of benzene rings is 2. The fourth-order valence-corrected chi connectivity index (χ4v) is 5.40. The molecule has 1 aliphatic carbocycles. The first-order chi connectivity index (χ1) is 17.6. The van der Waals surface area contributed by atoms with Crippen LogP contribution in [0.3, 0.4) is 0 Å². The van der Waals surface area contributed by atoms with E-state index in [9.17, 15) is 9.59 Å². The Bertz CT molecular complexity index is 1520. The second-order valence-electron chi connectivity index (χ2n) is 9.29. The van der Waals surface area contributed by atoms with Gasteiger partial charge in [-0.15, -0.1) is 0 Å². The number of amides is 2. The van der Waals surface area contributed by atoms with Crippen LogP contribution in [0.4, 0.5) is 0 Å². The molecule has 2 aromatic heterocycles. The number of aromatic nitrogens is 4. The molecule has 2 aliphatic rings. The van der Waals surface area contributed by atoms with E-state index in [0.717, 1.165) is 35.1 Å². The third kappa shape index (κ3) is 3.84. The lowest BCUT2D eigenvalue weighted by atomic mass is 9.92. The van der Waals surface area contributed by atoms with Crippen LogP contribution in [0.2, 0.25) is 0 Å². The van der Waals surface area contributed by atoms with E-state index in [1.54, 1.807) is 30.7 Å². The molecule has 8 nitrogen and oxygen atoms in total. The Hall–Kier alpha value is -4.33. The van der Waals surface area contributed by atoms with E-state index in [0.29, 0.717) is 25.1 Å². The van der Waals surface area contributed by atoms with Crippen LogP contribution < -0.4 is 5.32 Å². The average molecular weight is 479 g/mol. The second kappa shape index (κ2) is 9.03. The van der Waals surface area contributed by atoms with Gasteiger partial charge in [-0.05, 0) is 59.2 Å².